The Hall–Kier alpha value is -5.54. The molecule has 0 aliphatic heterocycles. The molecule has 1 aliphatic carbocycles. The van der Waals surface area contributed by atoms with Gasteiger partial charge in [0.25, 0.3) is 0 Å². The van der Waals surface area contributed by atoms with Crippen molar-refractivity contribution in [1.29, 1.82) is 0 Å². The Bertz CT molecular complexity index is 2300. The molecule has 0 radical (unpaired) electrons. The summed E-state index contributed by atoms with van der Waals surface area (Å²) >= 11 is 0. The minimum Gasteiger partial charge on any atom is -0.489 e. The molecule has 0 spiro atoms. The van der Waals surface area contributed by atoms with Gasteiger partial charge < -0.3 is 14.0 Å². The second-order valence-electron chi connectivity index (χ2n) is 10.6. The van der Waals surface area contributed by atoms with Crippen molar-refractivity contribution in [2.24, 2.45) is 0 Å². The highest BCUT2D eigenvalue weighted by atomic mass is 19.2. The van der Waals surface area contributed by atoms with Crippen molar-refractivity contribution in [3.63, 3.8) is 0 Å². The number of rotatable bonds is 6. The molecular formula is C33H11BF12O3. The zero-order chi connectivity index (χ0) is 35.0. The van der Waals surface area contributed by atoms with E-state index in [-0.39, 0.29) is 5.56 Å². The van der Waals surface area contributed by atoms with E-state index < -0.39 is 139 Å². The number of hydrogen-bond donors (Lipinski definition) is 0. The average Bonchev–Trinajstić information content (AvgIpc) is 3.46. The van der Waals surface area contributed by atoms with Gasteiger partial charge in [0.05, 0.1) is 10.8 Å². The normalized spacial score (nSPS) is 12.0. The second kappa shape index (κ2) is 11.6. The van der Waals surface area contributed by atoms with Gasteiger partial charge >= 0.3 is 7.32 Å². The SMILES string of the molecule is Fc1cc2c(OB(Oc3c(F)c(F)c(F)c4c3Cc3cccc(F)c3-4)Oc3ccc(F)c4c(F)c(F)c(F)cc34)ccc(F)c2c(F)c1F. The topological polar surface area (TPSA) is 27.7 Å². The van der Waals surface area contributed by atoms with Crippen molar-refractivity contribution in [3.8, 4) is 28.4 Å². The third kappa shape index (κ3) is 4.95. The van der Waals surface area contributed by atoms with E-state index in [1.807, 2.05) is 0 Å². The monoisotopic (exact) mass is 694 g/mol. The van der Waals surface area contributed by atoms with E-state index in [0.717, 1.165) is 18.2 Å². The van der Waals surface area contributed by atoms with Crippen LogP contribution in [-0.4, -0.2) is 7.32 Å². The van der Waals surface area contributed by atoms with E-state index in [1.165, 1.54) is 12.1 Å². The Kier molecular flexibility index (Phi) is 7.56. The lowest BCUT2D eigenvalue weighted by molar-refractivity contribution is 0.296. The van der Waals surface area contributed by atoms with E-state index in [0.29, 0.717) is 24.3 Å². The molecule has 6 aromatic carbocycles. The van der Waals surface area contributed by atoms with Gasteiger partial charge in [-0.15, -0.1) is 0 Å². The predicted octanol–water partition coefficient (Wildman–Crippen LogP) is 9.76. The van der Waals surface area contributed by atoms with Crippen LogP contribution < -0.4 is 14.0 Å². The minimum atomic E-state index is -2.59. The molecule has 1 aliphatic rings. The minimum absolute atomic E-state index is 0.0668. The largest absolute Gasteiger partial charge is 0.864 e. The number of hydrogen-bond acceptors (Lipinski definition) is 3. The Balaban J connectivity index is 1.42. The second-order valence-corrected chi connectivity index (χ2v) is 10.6. The molecule has 0 atom stereocenters. The number of halogens is 12. The van der Waals surface area contributed by atoms with Crippen LogP contribution in [0.3, 0.4) is 0 Å². The standard InChI is InChI=1S/C33H11BF12O3/c35-15-3-1-2-11-8-14-25(22(11)15)30(44)31(45)32(46)33(14)49-34(47-20-6-4-16(36)23-12(20)9-18(38)26(40)28(23)42)48-21-7-5-17(37)24-13(21)10-19(39)27(41)29(24)43/h1-7,9-10H,8H2. The van der Waals surface area contributed by atoms with E-state index in [2.05, 4.69) is 0 Å². The van der Waals surface area contributed by atoms with Gasteiger partial charge in [-0.2, -0.15) is 4.39 Å². The van der Waals surface area contributed by atoms with Crippen LogP contribution >= 0.6 is 0 Å². The van der Waals surface area contributed by atoms with Gasteiger partial charge in [-0.05, 0) is 48.0 Å². The molecule has 0 unspecified atom stereocenters. The molecule has 248 valence electrons. The molecule has 49 heavy (non-hydrogen) atoms. The first-order valence-corrected chi connectivity index (χ1v) is 13.8. The Morgan fingerprint density at radius 3 is 1.51 bits per heavy atom. The molecule has 0 bridgehead atoms. The van der Waals surface area contributed by atoms with Gasteiger partial charge in [-0.25, -0.2) is 48.3 Å². The fraction of sp³-hybridized carbons (Fsp3) is 0.0303. The Labute approximate surface area is 266 Å². The Morgan fingerprint density at radius 1 is 0.449 bits per heavy atom. The van der Waals surface area contributed by atoms with Crippen LogP contribution in [-0.2, 0) is 6.42 Å². The summed E-state index contributed by atoms with van der Waals surface area (Å²) in [6.45, 7) is 0. The van der Waals surface area contributed by atoms with Gasteiger partial charge in [0.15, 0.2) is 46.5 Å². The molecule has 0 heterocycles. The van der Waals surface area contributed by atoms with Crippen LogP contribution in [0.5, 0.6) is 17.2 Å². The van der Waals surface area contributed by atoms with Crippen LogP contribution in [0.2, 0.25) is 0 Å². The molecule has 16 heteroatoms. The molecule has 0 amide bonds. The van der Waals surface area contributed by atoms with Crippen molar-refractivity contribution in [2.45, 2.75) is 6.42 Å². The van der Waals surface area contributed by atoms with Crippen molar-refractivity contribution in [2.75, 3.05) is 0 Å². The lowest BCUT2D eigenvalue weighted by atomic mass is 10.0. The van der Waals surface area contributed by atoms with Gasteiger partial charge in [0.2, 0.25) is 5.82 Å². The first-order chi connectivity index (χ1) is 23.3. The molecule has 0 N–H and O–H groups in total. The highest BCUT2D eigenvalue weighted by Gasteiger charge is 2.40. The quantitative estimate of drug-likeness (QED) is 0.0986. The highest BCUT2D eigenvalue weighted by Crippen LogP contribution is 2.47. The maximum Gasteiger partial charge on any atom is 0.864 e. The molecule has 0 fully saturated rings. The highest BCUT2D eigenvalue weighted by molar-refractivity contribution is 6.40. The fourth-order valence-corrected chi connectivity index (χ4v) is 5.69. The zero-order valence-electron chi connectivity index (χ0n) is 23.7. The summed E-state index contributed by atoms with van der Waals surface area (Å²) in [6.07, 6.45) is -0.455. The summed E-state index contributed by atoms with van der Waals surface area (Å²) in [5, 5.41) is -3.90. The van der Waals surface area contributed by atoms with Crippen LogP contribution in [0.25, 0.3) is 32.7 Å². The lowest BCUT2D eigenvalue weighted by Gasteiger charge is -2.21. The maximum absolute atomic E-state index is 15.5. The zero-order valence-corrected chi connectivity index (χ0v) is 23.7. The van der Waals surface area contributed by atoms with E-state index in [1.54, 1.807) is 0 Å². The molecule has 0 saturated carbocycles. The summed E-state index contributed by atoms with van der Waals surface area (Å²) in [7, 11) is -2.59. The summed E-state index contributed by atoms with van der Waals surface area (Å²) in [5.41, 5.74) is -1.61. The van der Waals surface area contributed by atoms with Crippen molar-refractivity contribution in [3.05, 3.63) is 136 Å². The maximum atomic E-state index is 15.5. The lowest BCUT2D eigenvalue weighted by Crippen LogP contribution is -2.38. The first kappa shape index (κ1) is 32.0. The molecule has 6 aromatic rings. The molecular weight excluding hydrogens is 683 g/mol. The van der Waals surface area contributed by atoms with Crippen molar-refractivity contribution < 1.29 is 66.6 Å². The first-order valence-electron chi connectivity index (χ1n) is 13.8. The Morgan fingerprint density at radius 2 is 0.980 bits per heavy atom. The smallest absolute Gasteiger partial charge is 0.489 e. The van der Waals surface area contributed by atoms with E-state index >= 15 is 8.78 Å². The van der Waals surface area contributed by atoms with Gasteiger partial charge in [-0.1, -0.05) is 12.1 Å². The summed E-state index contributed by atoms with van der Waals surface area (Å²) in [5.74, 6) is -24.2. The molecule has 0 saturated heterocycles. The summed E-state index contributed by atoms with van der Waals surface area (Å²) in [6, 6.07) is 6.61. The number of fused-ring (bicyclic) bond motifs is 5. The van der Waals surface area contributed by atoms with Crippen LogP contribution in [0.4, 0.5) is 52.7 Å². The molecule has 3 nitrogen and oxygen atoms in total. The molecule has 7 rings (SSSR count). The van der Waals surface area contributed by atoms with Crippen LogP contribution in [0.15, 0.2) is 54.6 Å². The third-order valence-corrected chi connectivity index (χ3v) is 7.85. The van der Waals surface area contributed by atoms with E-state index in [4.69, 9.17) is 14.0 Å². The van der Waals surface area contributed by atoms with Crippen molar-refractivity contribution >= 4 is 28.9 Å². The summed E-state index contributed by atoms with van der Waals surface area (Å²) < 4.78 is 192. The number of benzene rings is 6. The van der Waals surface area contributed by atoms with Crippen LogP contribution in [0.1, 0.15) is 11.1 Å². The van der Waals surface area contributed by atoms with Gasteiger partial charge in [0.1, 0.15) is 34.7 Å². The molecule has 0 aromatic heterocycles. The third-order valence-electron chi connectivity index (χ3n) is 7.85. The van der Waals surface area contributed by atoms with E-state index in [9.17, 15) is 43.9 Å². The predicted molar refractivity (Wildman–Crippen MR) is 150 cm³/mol. The average molecular weight is 694 g/mol. The van der Waals surface area contributed by atoms with Gasteiger partial charge in [-0.3, -0.25) is 0 Å². The van der Waals surface area contributed by atoms with Crippen molar-refractivity contribution in [1.82, 2.24) is 0 Å². The van der Waals surface area contributed by atoms with Gasteiger partial charge in [0, 0.05) is 33.9 Å². The fourth-order valence-electron chi connectivity index (χ4n) is 5.69. The van der Waals surface area contributed by atoms with Crippen LogP contribution in [0, 0.1) is 69.8 Å². The summed E-state index contributed by atoms with van der Waals surface area (Å²) in [4.78, 5) is 0.